The lowest BCUT2D eigenvalue weighted by atomic mass is 10.1. The Morgan fingerprint density at radius 2 is 2.22 bits per heavy atom. The Morgan fingerprint density at radius 1 is 1.44 bits per heavy atom. The molecule has 0 bridgehead atoms. The molecule has 0 spiro atoms. The highest BCUT2D eigenvalue weighted by Crippen LogP contribution is 2.14. The largest absolute Gasteiger partial charge is 0.411 e. The van der Waals surface area contributed by atoms with Crippen LogP contribution in [0.1, 0.15) is 24.9 Å². The van der Waals surface area contributed by atoms with Crippen LogP contribution in [0.5, 0.6) is 0 Å². The van der Waals surface area contributed by atoms with Gasteiger partial charge >= 0.3 is 6.18 Å². The van der Waals surface area contributed by atoms with Crippen molar-refractivity contribution < 1.29 is 17.9 Å². The molecule has 0 saturated heterocycles. The predicted octanol–water partition coefficient (Wildman–Crippen LogP) is 2.70. The molecule has 1 aromatic rings. The van der Waals surface area contributed by atoms with Crippen LogP contribution < -0.4 is 5.32 Å². The van der Waals surface area contributed by atoms with Crippen molar-refractivity contribution in [3.8, 4) is 0 Å². The lowest BCUT2D eigenvalue weighted by Crippen LogP contribution is -2.22. The van der Waals surface area contributed by atoms with E-state index in [1.54, 1.807) is 12.4 Å². The van der Waals surface area contributed by atoms with Gasteiger partial charge in [-0.15, -0.1) is 0 Å². The van der Waals surface area contributed by atoms with Gasteiger partial charge in [0.15, 0.2) is 0 Å². The second kappa shape index (κ2) is 7.33. The van der Waals surface area contributed by atoms with Crippen molar-refractivity contribution in [1.29, 1.82) is 0 Å². The lowest BCUT2D eigenvalue weighted by molar-refractivity contribution is -0.173. The number of nitrogens with zero attached hydrogens (tertiary/aromatic N) is 1. The van der Waals surface area contributed by atoms with Crippen LogP contribution in [0.4, 0.5) is 13.2 Å². The van der Waals surface area contributed by atoms with Gasteiger partial charge in [0.1, 0.15) is 6.61 Å². The van der Waals surface area contributed by atoms with Crippen LogP contribution in [0.15, 0.2) is 24.5 Å². The molecule has 1 heterocycles. The van der Waals surface area contributed by atoms with Crippen LogP contribution in [-0.4, -0.2) is 30.9 Å². The summed E-state index contributed by atoms with van der Waals surface area (Å²) in [5.74, 6) is 0. The summed E-state index contributed by atoms with van der Waals surface area (Å²) < 4.78 is 39.8. The zero-order valence-corrected chi connectivity index (χ0v) is 10.2. The molecule has 102 valence electrons. The number of hydrogen-bond acceptors (Lipinski definition) is 3. The Balaban J connectivity index is 2.08. The first-order chi connectivity index (χ1) is 8.49. The Kier molecular flexibility index (Phi) is 6.07. The van der Waals surface area contributed by atoms with Crippen molar-refractivity contribution in [2.45, 2.75) is 25.6 Å². The first kappa shape index (κ1) is 14.9. The number of pyridine rings is 1. The number of ether oxygens (including phenoxy) is 1. The Bertz CT molecular complexity index is 330. The van der Waals surface area contributed by atoms with Crippen molar-refractivity contribution in [3.63, 3.8) is 0 Å². The lowest BCUT2D eigenvalue weighted by Gasteiger charge is -2.13. The number of halogens is 3. The monoisotopic (exact) mass is 262 g/mol. The Labute approximate surface area is 104 Å². The molecule has 0 fully saturated rings. The van der Waals surface area contributed by atoms with Crippen LogP contribution in [0.2, 0.25) is 0 Å². The summed E-state index contributed by atoms with van der Waals surface area (Å²) in [6.07, 6.45) is -0.240. The van der Waals surface area contributed by atoms with E-state index in [4.69, 9.17) is 0 Å². The summed E-state index contributed by atoms with van der Waals surface area (Å²) >= 11 is 0. The summed E-state index contributed by atoms with van der Waals surface area (Å²) in [5, 5.41) is 3.20. The third-order valence-corrected chi connectivity index (χ3v) is 2.37. The number of aromatic nitrogens is 1. The van der Waals surface area contributed by atoms with Gasteiger partial charge in [-0.2, -0.15) is 13.2 Å². The topological polar surface area (TPSA) is 34.1 Å². The summed E-state index contributed by atoms with van der Waals surface area (Å²) in [6.45, 7) is 1.51. The van der Waals surface area contributed by atoms with E-state index in [0.29, 0.717) is 13.0 Å². The van der Waals surface area contributed by atoms with Crippen molar-refractivity contribution >= 4 is 0 Å². The minimum atomic E-state index is -4.24. The first-order valence-corrected chi connectivity index (χ1v) is 5.77. The number of rotatable bonds is 7. The molecule has 1 rings (SSSR count). The molecule has 18 heavy (non-hydrogen) atoms. The molecule has 0 radical (unpaired) electrons. The van der Waals surface area contributed by atoms with E-state index in [-0.39, 0.29) is 12.6 Å². The van der Waals surface area contributed by atoms with E-state index < -0.39 is 12.8 Å². The molecule has 0 aliphatic rings. The molecule has 1 atom stereocenters. The van der Waals surface area contributed by atoms with Crippen LogP contribution in [0.25, 0.3) is 0 Å². The fourth-order valence-electron chi connectivity index (χ4n) is 1.43. The number of nitrogens with one attached hydrogen (secondary N) is 1. The third kappa shape index (κ3) is 6.56. The molecule has 0 aliphatic carbocycles. The van der Waals surface area contributed by atoms with Crippen molar-refractivity contribution in [1.82, 2.24) is 10.3 Å². The maximum absolute atomic E-state index is 11.8. The molecule has 0 aromatic carbocycles. The normalized spacial score (nSPS) is 13.6. The SMILES string of the molecule is CC(NCCCOCC(F)(F)F)c1cccnc1. The molecule has 0 amide bonds. The van der Waals surface area contributed by atoms with E-state index in [9.17, 15) is 13.2 Å². The highest BCUT2D eigenvalue weighted by Gasteiger charge is 2.27. The predicted molar refractivity (Wildman–Crippen MR) is 62.1 cm³/mol. The van der Waals surface area contributed by atoms with Gasteiger partial charge in [-0.1, -0.05) is 6.07 Å². The van der Waals surface area contributed by atoms with Crippen molar-refractivity contribution in [2.24, 2.45) is 0 Å². The number of hydrogen-bond donors (Lipinski definition) is 1. The van der Waals surface area contributed by atoms with E-state index in [1.807, 2.05) is 19.1 Å². The van der Waals surface area contributed by atoms with E-state index in [2.05, 4.69) is 15.0 Å². The fourth-order valence-corrected chi connectivity index (χ4v) is 1.43. The van der Waals surface area contributed by atoms with Crippen LogP contribution in [0, 0.1) is 0 Å². The van der Waals surface area contributed by atoms with Gasteiger partial charge in [0.25, 0.3) is 0 Å². The quantitative estimate of drug-likeness (QED) is 0.767. The van der Waals surface area contributed by atoms with Gasteiger partial charge in [-0.05, 0) is 31.5 Å². The molecule has 1 unspecified atom stereocenters. The van der Waals surface area contributed by atoms with Gasteiger partial charge < -0.3 is 10.1 Å². The second-order valence-electron chi connectivity index (χ2n) is 3.98. The summed E-state index contributed by atoms with van der Waals surface area (Å²) in [7, 11) is 0. The highest BCUT2D eigenvalue weighted by molar-refractivity contribution is 5.12. The van der Waals surface area contributed by atoms with Gasteiger partial charge in [0.05, 0.1) is 0 Å². The molecular formula is C12H17F3N2O. The van der Waals surface area contributed by atoms with Crippen molar-refractivity contribution in [2.75, 3.05) is 19.8 Å². The summed E-state index contributed by atoms with van der Waals surface area (Å²) in [5.41, 5.74) is 1.05. The summed E-state index contributed by atoms with van der Waals surface area (Å²) in [4.78, 5) is 4.00. The van der Waals surface area contributed by atoms with Crippen LogP contribution >= 0.6 is 0 Å². The minimum absolute atomic E-state index is 0.103. The molecule has 6 heteroatoms. The number of alkyl halides is 3. The van der Waals surface area contributed by atoms with Crippen LogP contribution in [0.3, 0.4) is 0 Å². The van der Waals surface area contributed by atoms with Crippen LogP contribution in [-0.2, 0) is 4.74 Å². The van der Waals surface area contributed by atoms with Gasteiger partial charge in [0, 0.05) is 25.0 Å². The van der Waals surface area contributed by atoms with Gasteiger partial charge in [0.2, 0.25) is 0 Å². The molecular weight excluding hydrogens is 245 g/mol. The maximum Gasteiger partial charge on any atom is 0.411 e. The summed E-state index contributed by atoms with van der Waals surface area (Å²) in [6, 6.07) is 3.92. The maximum atomic E-state index is 11.8. The first-order valence-electron chi connectivity index (χ1n) is 5.77. The van der Waals surface area contributed by atoms with Gasteiger partial charge in [-0.25, -0.2) is 0 Å². The Morgan fingerprint density at radius 3 is 2.83 bits per heavy atom. The Hall–Kier alpha value is -1.14. The average molecular weight is 262 g/mol. The zero-order chi connectivity index (χ0) is 13.4. The molecule has 0 saturated carbocycles. The van der Waals surface area contributed by atoms with E-state index >= 15 is 0 Å². The standard InChI is InChI=1S/C12H17F3N2O/c1-10(11-4-2-5-16-8-11)17-6-3-7-18-9-12(13,14)15/h2,4-5,8,10,17H,3,6-7,9H2,1H3. The van der Waals surface area contributed by atoms with E-state index in [0.717, 1.165) is 5.56 Å². The smallest absolute Gasteiger partial charge is 0.372 e. The molecule has 3 nitrogen and oxygen atoms in total. The molecule has 1 aromatic heterocycles. The highest BCUT2D eigenvalue weighted by atomic mass is 19.4. The fraction of sp³-hybridized carbons (Fsp3) is 0.583. The minimum Gasteiger partial charge on any atom is -0.372 e. The molecule has 0 aliphatic heterocycles. The second-order valence-corrected chi connectivity index (χ2v) is 3.98. The third-order valence-electron chi connectivity index (χ3n) is 2.37. The zero-order valence-electron chi connectivity index (χ0n) is 10.2. The van der Waals surface area contributed by atoms with Crippen molar-refractivity contribution in [3.05, 3.63) is 30.1 Å². The average Bonchev–Trinajstić information content (AvgIpc) is 2.33. The van der Waals surface area contributed by atoms with E-state index in [1.165, 1.54) is 0 Å². The van der Waals surface area contributed by atoms with Gasteiger partial charge in [-0.3, -0.25) is 4.98 Å². The molecule has 1 N–H and O–H groups in total.